The lowest BCUT2D eigenvalue weighted by molar-refractivity contribution is 0.271. The van der Waals surface area contributed by atoms with Crippen molar-refractivity contribution in [1.82, 2.24) is 4.98 Å². The Balaban J connectivity index is 2.37. The zero-order valence-electron chi connectivity index (χ0n) is 10.3. The average Bonchev–Trinajstić information content (AvgIpc) is 2.36. The van der Waals surface area contributed by atoms with Gasteiger partial charge in [0.25, 0.3) is 0 Å². The first-order chi connectivity index (χ1) is 8.24. The number of nitrogens with zero attached hydrogens (tertiary/aromatic N) is 1. The van der Waals surface area contributed by atoms with Crippen molar-refractivity contribution in [2.24, 2.45) is 0 Å². The molecule has 0 saturated carbocycles. The molecule has 0 aliphatic carbocycles. The molecule has 2 N–H and O–H groups in total. The monoisotopic (exact) mass is 230 g/mol. The number of anilines is 1. The van der Waals surface area contributed by atoms with Crippen molar-refractivity contribution in [3.05, 3.63) is 35.9 Å². The molecule has 0 amide bonds. The highest BCUT2D eigenvalue weighted by molar-refractivity contribution is 5.81. The molecule has 0 fully saturated rings. The Morgan fingerprint density at radius 3 is 2.82 bits per heavy atom. The van der Waals surface area contributed by atoms with Crippen molar-refractivity contribution < 1.29 is 5.11 Å². The highest BCUT2D eigenvalue weighted by Gasteiger charge is 2.08. The fourth-order valence-electron chi connectivity index (χ4n) is 1.84. The van der Waals surface area contributed by atoms with Crippen molar-refractivity contribution >= 4 is 16.7 Å². The third-order valence-electron chi connectivity index (χ3n) is 2.97. The van der Waals surface area contributed by atoms with Gasteiger partial charge >= 0.3 is 0 Å². The zero-order valence-corrected chi connectivity index (χ0v) is 10.3. The van der Waals surface area contributed by atoms with E-state index in [9.17, 15) is 5.11 Å². The smallest absolute Gasteiger partial charge is 0.129 e. The number of nitrogens with one attached hydrogen (secondary N) is 1. The number of aromatic nitrogens is 1. The highest BCUT2D eigenvalue weighted by Crippen LogP contribution is 2.20. The van der Waals surface area contributed by atoms with Crippen molar-refractivity contribution in [1.29, 1.82) is 0 Å². The fourth-order valence-corrected chi connectivity index (χ4v) is 1.84. The molecule has 1 unspecified atom stereocenters. The maximum Gasteiger partial charge on any atom is 0.129 e. The van der Waals surface area contributed by atoms with Crippen LogP contribution in [-0.2, 0) is 0 Å². The average molecular weight is 230 g/mol. The van der Waals surface area contributed by atoms with Gasteiger partial charge in [0.15, 0.2) is 0 Å². The summed E-state index contributed by atoms with van der Waals surface area (Å²) >= 11 is 0. The van der Waals surface area contributed by atoms with Gasteiger partial charge in [-0.2, -0.15) is 0 Å². The second-order valence-corrected chi connectivity index (χ2v) is 4.28. The van der Waals surface area contributed by atoms with E-state index in [0.29, 0.717) is 0 Å². The maximum atomic E-state index is 9.20. The standard InChI is InChI=1S/C14H18N2O/c1-3-12(9-17)15-14-10(2)8-11-6-4-5-7-13(11)16-14/h4-8,12,17H,3,9H2,1-2H3,(H,15,16). The summed E-state index contributed by atoms with van der Waals surface area (Å²) in [5.74, 6) is 0.865. The van der Waals surface area contributed by atoms with E-state index >= 15 is 0 Å². The normalized spacial score (nSPS) is 12.6. The summed E-state index contributed by atoms with van der Waals surface area (Å²) in [6.45, 7) is 4.21. The lowest BCUT2D eigenvalue weighted by atomic mass is 10.1. The van der Waals surface area contributed by atoms with Gasteiger partial charge in [-0.15, -0.1) is 0 Å². The molecule has 1 atom stereocenters. The first-order valence-corrected chi connectivity index (χ1v) is 5.98. The first-order valence-electron chi connectivity index (χ1n) is 5.98. The lowest BCUT2D eigenvalue weighted by Crippen LogP contribution is -2.23. The van der Waals surface area contributed by atoms with Gasteiger partial charge in [0.05, 0.1) is 18.2 Å². The van der Waals surface area contributed by atoms with E-state index in [0.717, 1.165) is 28.7 Å². The molecule has 1 aromatic heterocycles. The van der Waals surface area contributed by atoms with E-state index in [4.69, 9.17) is 0 Å². The molecule has 0 saturated heterocycles. The molecule has 0 bridgehead atoms. The van der Waals surface area contributed by atoms with Crippen molar-refractivity contribution in [2.75, 3.05) is 11.9 Å². The Hall–Kier alpha value is -1.61. The van der Waals surface area contributed by atoms with E-state index in [1.807, 2.05) is 32.0 Å². The molecular formula is C14H18N2O. The predicted molar refractivity (Wildman–Crippen MR) is 71.3 cm³/mol. The summed E-state index contributed by atoms with van der Waals surface area (Å²) in [6, 6.07) is 10.2. The molecule has 0 spiro atoms. The number of fused-ring (bicyclic) bond motifs is 1. The van der Waals surface area contributed by atoms with Crippen LogP contribution in [0.4, 0.5) is 5.82 Å². The summed E-state index contributed by atoms with van der Waals surface area (Å²) in [4.78, 5) is 4.59. The third-order valence-corrected chi connectivity index (χ3v) is 2.97. The van der Waals surface area contributed by atoms with Crippen LogP contribution in [0.3, 0.4) is 0 Å². The number of aliphatic hydroxyl groups excluding tert-OH is 1. The quantitative estimate of drug-likeness (QED) is 0.849. The maximum absolute atomic E-state index is 9.20. The Morgan fingerprint density at radius 1 is 1.35 bits per heavy atom. The molecule has 17 heavy (non-hydrogen) atoms. The Labute approximate surface area is 102 Å². The largest absolute Gasteiger partial charge is 0.394 e. The van der Waals surface area contributed by atoms with Crippen LogP contribution >= 0.6 is 0 Å². The van der Waals surface area contributed by atoms with Gasteiger partial charge < -0.3 is 10.4 Å². The Morgan fingerprint density at radius 2 is 2.12 bits per heavy atom. The van der Waals surface area contributed by atoms with Gasteiger partial charge in [0.1, 0.15) is 5.82 Å². The third kappa shape index (κ3) is 2.56. The highest BCUT2D eigenvalue weighted by atomic mass is 16.3. The van der Waals surface area contributed by atoms with Gasteiger partial charge in [0, 0.05) is 5.39 Å². The summed E-state index contributed by atoms with van der Waals surface area (Å²) < 4.78 is 0. The second kappa shape index (κ2) is 5.15. The van der Waals surface area contributed by atoms with Crippen molar-refractivity contribution in [2.45, 2.75) is 26.3 Å². The van der Waals surface area contributed by atoms with E-state index in [1.54, 1.807) is 0 Å². The minimum absolute atomic E-state index is 0.0716. The van der Waals surface area contributed by atoms with Crippen LogP contribution < -0.4 is 5.32 Å². The number of para-hydroxylation sites is 1. The number of aliphatic hydroxyl groups is 1. The van der Waals surface area contributed by atoms with Crippen LogP contribution in [0.25, 0.3) is 10.9 Å². The second-order valence-electron chi connectivity index (χ2n) is 4.28. The van der Waals surface area contributed by atoms with Gasteiger partial charge in [-0.1, -0.05) is 25.1 Å². The summed E-state index contributed by atoms with van der Waals surface area (Å²) in [5, 5.41) is 13.6. The number of benzene rings is 1. The topological polar surface area (TPSA) is 45.1 Å². The molecule has 2 rings (SSSR count). The van der Waals surface area contributed by atoms with Crippen LogP contribution in [0.5, 0.6) is 0 Å². The summed E-state index contributed by atoms with van der Waals surface area (Å²) in [7, 11) is 0. The van der Waals surface area contributed by atoms with E-state index in [-0.39, 0.29) is 12.6 Å². The molecule has 1 heterocycles. The Kier molecular flexibility index (Phi) is 3.59. The predicted octanol–water partition coefficient (Wildman–Crippen LogP) is 2.73. The van der Waals surface area contributed by atoms with Crippen LogP contribution in [0.15, 0.2) is 30.3 Å². The van der Waals surface area contributed by atoms with Crippen molar-refractivity contribution in [3.8, 4) is 0 Å². The zero-order chi connectivity index (χ0) is 12.3. The number of rotatable bonds is 4. The number of pyridine rings is 1. The molecule has 0 aliphatic heterocycles. The fraction of sp³-hybridized carbons (Fsp3) is 0.357. The van der Waals surface area contributed by atoms with Gasteiger partial charge in [-0.3, -0.25) is 0 Å². The molecule has 90 valence electrons. The van der Waals surface area contributed by atoms with Crippen LogP contribution in [0, 0.1) is 6.92 Å². The molecule has 2 aromatic rings. The van der Waals surface area contributed by atoms with Crippen molar-refractivity contribution in [3.63, 3.8) is 0 Å². The molecule has 0 aliphatic rings. The molecule has 3 heteroatoms. The lowest BCUT2D eigenvalue weighted by Gasteiger charge is -2.16. The van der Waals surface area contributed by atoms with Gasteiger partial charge in [0.2, 0.25) is 0 Å². The minimum atomic E-state index is 0.0716. The van der Waals surface area contributed by atoms with Gasteiger partial charge in [-0.05, 0) is 31.0 Å². The summed E-state index contributed by atoms with van der Waals surface area (Å²) in [6.07, 6.45) is 0.879. The van der Waals surface area contributed by atoms with Gasteiger partial charge in [-0.25, -0.2) is 4.98 Å². The Bertz CT molecular complexity index is 507. The number of aryl methyl sites for hydroxylation is 1. The van der Waals surface area contributed by atoms with E-state index in [1.165, 1.54) is 0 Å². The SMILES string of the molecule is CCC(CO)Nc1nc2ccccc2cc1C. The molecule has 0 radical (unpaired) electrons. The van der Waals surface area contributed by atoms with Crippen LogP contribution in [0.2, 0.25) is 0 Å². The van der Waals surface area contributed by atoms with Crippen LogP contribution in [-0.4, -0.2) is 22.7 Å². The number of hydrogen-bond acceptors (Lipinski definition) is 3. The van der Waals surface area contributed by atoms with E-state index < -0.39 is 0 Å². The minimum Gasteiger partial charge on any atom is -0.394 e. The number of hydrogen-bond donors (Lipinski definition) is 2. The first kappa shape index (κ1) is 11.9. The summed E-state index contributed by atoms with van der Waals surface area (Å²) in [5.41, 5.74) is 2.09. The van der Waals surface area contributed by atoms with Crippen LogP contribution in [0.1, 0.15) is 18.9 Å². The molecule has 1 aromatic carbocycles. The van der Waals surface area contributed by atoms with E-state index in [2.05, 4.69) is 22.4 Å². The molecular weight excluding hydrogens is 212 g/mol. The molecule has 3 nitrogen and oxygen atoms in total.